The average molecular weight is 336 g/mol. The molecule has 0 spiro atoms. The minimum Gasteiger partial charge on any atom is -0.207 e. The van der Waals surface area contributed by atoms with Gasteiger partial charge in [-0.25, -0.2) is 12.8 Å². The van der Waals surface area contributed by atoms with Crippen molar-refractivity contribution in [2.45, 2.75) is 56.9 Å². The molecule has 0 amide bonds. The monoisotopic (exact) mass is 335 g/mol. The van der Waals surface area contributed by atoms with E-state index in [1.807, 2.05) is 13.8 Å². The lowest BCUT2D eigenvalue weighted by molar-refractivity contribution is 0.345. The predicted molar refractivity (Wildman–Crippen MR) is 84.5 cm³/mol. The number of rotatable bonds is 8. The van der Waals surface area contributed by atoms with Gasteiger partial charge in [-0.05, 0) is 38.5 Å². The fourth-order valence-electron chi connectivity index (χ4n) is 2.12. The van der Waals surface area contributed by atoms with Crippen molar-refractivity contribution in [1.29, 1.82) is 0 Å². The number of sulfonamides is 1. The molecule has 1 rings (SSSR count). The third-order valence-electron chi connectivity index (χ3n) is 3.33. The molecule has 6 heteroatoms. The van der Waals surface area contributed by atoms with E-state index in [1.165, 1.54) is 16.4 Å². The van der Waals surface area contributed by atoms with Gasteiger partial charge in [-0.15, -0.1) is 11.6 Å². The van der Waals surface area contributed by atoms with Crippen LogP contribution in [0.1, 0.15) is 45.6 Å². The Hall–Kier alpha value is -0.650. The maximum atomic E-state index is 13.5. The molecular weight excluding hydrogens is 313 g/mol. The van der Waals surface area contributed by atoms with Crippen LogP contribution in [0.2, 0.25) is 0 Å². The summed E-state index contributed by atoms with van der Waals surface area (Å²) in [5, 5.41) is 0. The largest absolute Gasteiger partial charge is 0.243 e. The molecule has 0 radical (unpaired) electrons. The molecule has 0 heterocycles. The van der Waals surface area contributed by atoms with Gasteiger partial charge in [-0.2, -0.15) is 4.31 Å². The molecule has 0 atom stereocenters. The molecule has 1 aromatic carbocycles. The van der Waals surface area contributed by atoms with Gasteiger partial charge in [0.25, 0.3) is 0 Å². The Kier molecular flexibility index (Phi) is 7.10. The van der Waals surface area contributed by atoms with Gasteiger partial charge in [-0.3, -0.25) is 0 Å². The highest BCUT2D eigenvalue weighted by Crippen LogP contribution is 2.22. The number of hydrogen-bond acceptors (Lipinski definition) is 2. The molecule has 0 bridgehead atoms. The summed E-state index contributed by atoms with van der Waals surface area (Å²) >= 11 is 5.65. The number of halogens is 2. The van der Waals surface area contributed by atoms with Crippen LogP contribution in [0.15, 0.2) is 23.1 Å². The predicted octanol–water partition coefficient (Wildman–Crippen LogP) is 4.15. The summed E-state index contributed by atoms with van der Waals surface area (Å²) in [5.74, 6) is -0.529. The van der Waals surface area contributed by atoms with Gasteiger partial charge in [0.15, 0.2) is 0 Å². The number of benzene rings is 1. The first-order valence-corrected chi connectivity index (χ1v) is 9.18. The van der Waals surface area contributed by atoms with Crippen LogP contribution in [0.25, 0.3) is 0 Å². The van der Waals surface area contributed by atoms with E-state index in [0.29, 0.717) is 6.54 Å². The molecule has 0 N–H and O–H groups in total. The minimum absolute atomic E-state index is 0.0489. The minimum atomic E-state index is -3.62. The third-order valence-corrected chi connectivity index (χ3v) is 5.69. The van der Waals surface area contributed by atoms with Crippen LogP contribution in [-0.4, -0.2) is 25.3 Å². The normalized spacial score (nSPS) is 12.3. The molecule has 1 aromatic rings. The molecule has 0 saturated carbocycles. The number of hydrogen-bond donors (Lipinski definition) is 0. The topological polar surface area (TPSA) is 37.4 Å². The SMILES string of the molecule is CCCCCN(C(C)C)S(=O)(=O)c1ccc(F)c(CCl)c1. The van der Waals surface area contributed by atoms with E-state index < -0.39 is 15.8 Å². The van der Waals surface area contributed by atoms with Crippen molar-refractivity contribution in [2.24, 2.45) is 0 Å². The molecule has 0 saturated heterocycles. The second-order valence-electron chi connectivity index (χ2n) is 5.30. The summed E-state index contributed by atoms with van der Waals surface area (Å²) in [6.07, 6.45) is 2.82. The zero-order chi connectivity index (χ0) is 16.0. The summed E-state index contributed by atoms with van der Waals surface area (Å²) in [6.45, 7) is 6.23. The molecule has 0 aliphatic heterocycles. The lowest BCUT2D eigenvalue weighted by Crippen LogP contribution is -2.37. The van der Waals surface area contributed by atoms with Gasteiger partial charge in [-0.1, -0.05) is 19.8 Å². The number of nitrogens with zero attached hydrogens (tertiary/aromatic N) is 1. The van der Waals surface area contributed by atoms with E-state index >= 15 is 0 Å². The third kappa shape index (κ3) is 4.66. The Morgan fingerprint density at radius 1 is 1.29 bits per heavy atom. The highest BCUT2D eigenvalue weighted by Gasteiger charge is 2.27. The van der Waals surface area contributed by atoms with E-state index in [0.717, 1.165) is 25.3 Å². The summed E-state index contributed by atoms with van der Waals surface area (Å²) in [4.78, 5) is 0.102. The van der Waals surface area contributed by atoms with Gasteiger partial charge in [0.05, 0.1) is 10.8 Å². The van der Waals surface area contributed by atoms with E-state index in [9.17, 15) is 12.8 Å². The van der Waals surface area contributed by atoms with Crippen molar-refractivity contribution in [3.8, 4) is 0 Å². The standard InChI is InChI=1S/C15H23ClFNO2S/c1-4-5-6-9-18(12(2)3)21(19,20)14-7-8-15(17)13(10-14)11-16/h7-8,10,12H,4-6,9,11H2,1-3H3. The summed E-state index contributed by atoms with van der Waals surface area (Å²) in [6, 6.07) is 3.65. The quantitative estimate of drug-likeness (QED) is 0.528. The highest BCUT2D eigenvalue weighted by molar-refractivity contribution is 7.89. The lowest BCUT2D eigenvalue weighted by Gasteiger charge is -2.26. The van der Waals surface area contributed by atoms with Crippen molar-refractivity contribution in [3.63, 3.8) is 0 Å². The smallest absolute Gasteiger partial charge is 0.207 e. The first-order chi connectivity index (χ1) is 9.84. The van der Waals surface area contributed by atoms with Gasteiger partial charge in [0.2, 0.25) is 10.0 Å². The van der Waals surface area contributed by atoms with Crippen LogP contribution in [0.3, 0.4) is 0 Å². The van der Waals surface area contributed by atoms with Crippen molar-refractivity contribution in [1.82, 2.24) is 4.31 Å². The molecule has 21 heavy (non-hydrogen) atoms. The van der Waals surface area contributed by atoms with E-state index in [1.54, 1.807) is 0 Å². The molecule has 0 aromatic heterocycles. The van der Waals surface area contributed by atoms with Crippen LogP contribution in [0, 0.1) is 5.82 Å². The molecule has 0 unspecified atom stereocenters. The molecule has 120 valence electrons. The Balaban J connectivity index is 3.10. The van der Waals surface area contributed by atoms with Crippen LogP contribution in [-0.2, 0) is 15.9 Å². The van der Waals surface area contributed by atoms with E-state index in [2.05, 4.69) is 6.92 Å². The Labute approximate surface area is 132 Å². The van der Waals surface area contributed by atoms with Crippen LogP contribution in [0.5, 0.6) is 0 Å². The summed E-state index contributed by atoms with van der Waals surface area (Å²) in [5.41, 5.74) is 0.204. The fraction of sp³-hybridized carbons (Fsp3) is 0.600. The lowest BCUT2D eigenvalue weighted by atomic mass is 10.2. The Morgan fingerprint density at radius 3 is 2.48 bits per heavy atom. The highest BCUT2D eigenvalue weighted by atomic mass is 35.5. The van der Waals surface area contributed by atoms with Crippen LogP contribution >= 0.6 is 11.6 Å². The molecular formula is C15H23ClFNO2S. The van der Waals surface area contributed by atoms with Crippen molar-refractivity contribution >= 4 is 21.6 Å². The zero-order valence-corrected chi connectivity index (χ0v) is 14.3. The van der Waals surface area contributed by atoms with Crippen LogP contribution < -0.4 is 0 Å². The van der Waals surface area contributed by atoms with Crippen molar-refractivity contribution < 1.29 is 12.8 Å². The fourth-order valence-corrected chi connectivity index (χ4v) is 4.05. The zero-order valence-electron chi connectivity index (χ0n) is 12.8. The summed E-state index contributed by atoms with van der Waals surface area (Å²) < 4.78 is 40.4. The number of unbranched alkanes of at least 4 members (excludes halogenated alkanes) is 2. The van der Waals surface area contributed by atoms with Crippen molar-refractivity contribution in [2.75, 3.05) is 6.54 Å². The Bertz CT molecular complexity index is 561. The number of alkyl halides is 1. The maximum absolute atomic E-state index is 13.5. The first kappa shape index (κ1) is 18.4. The van der Waals surface area contributed by atoms with Gasteiger partial charge < -0.3 is 0 Å². The van der Waals surface area contributed by atoms with Gasteiger partial charge in [0, 0.05) is 18.2 Å². The Morgan fingerprint density at radius 2 is 1.95 bits per heavy atom. The molecule has 0 fully saturated rings. The second-order valence-corrected chi connectivity index (χ2v) is 7.46. The van der Waals surface area contributed by atoms with Gasteiger partial charge >= 0.3 is 0 Å². The average Bonchev–Trinajstić information content (AvgIpc) is 2.43. The van der Waals surface area contributed by atoms with Crippen LogP contribution in [0.4, 0.5) is 4.39 Å². The van der Waals surface area contributed by atoms with Crippen molar-refractivity contribution in [3.05, 3.63) is 29.6 Å². The molecule has 0 aliphatic carbocycles. The summed E-state index contributed by atoms with van der Waals surface area (Å²) in [7, 11) is -3.62. The second kappa shape index (κ2) is 8.11. The van der Waals surface area contributed by atoms with E-state index in [4.69, 9.17) is 11.6 Å². The maximum Gasteiger partial charge on any atom is 0.243 e. The molecule has 3 nitrogen and oxygen atoms in total. The molecule has 0 aliphatic rings. The van der Waals surface area contributed by atoms with E-state index in [-0.39, 0.29) is 22.4 Å². The first-order valence-electron chi connectivity index (χ1n) is 7.20. The van der Waals surface area contributed by atoms with Gasteiger partial charge in [0.1, 0.15) is 5.82 Å².